The van der Waals surface area contributed by atoms with Gasteiger partial charge in [-0.2, -0.15) is 0 Å². The smallest absolute Gasteiger partial charge is 0.262 e. The highest BCUT2D eigenvalue weighted by atomic mass is 16.5. The normalized spacial score (nSPS) is 13.9. The van der Waals surface area contributed by atoms with Crippen LogP contribution in [0.3, 0.4) is 0 Å². The van der Waals surface area contributed by atoms with E-state index >= 15 is 0 Å². The number of aromatic nitrogens is 1. The van der Waals surface area contributed by atoms with Crippen molar-refractivity contribution in [2.75, 3.05) is 26.7 Å². The van der Waals surface area contributed by atoms with Gasteiger partial charge in [0.15, 0.2) is 0 Å². The van der Waals surface area contributed by atoms with E-state index in [0.29, 0.717) is 24.2 Å². The number of H-pyrrole nitrogens is 1. The van der Waals surface area contributed by atoms with E-state index in [1.165, 1.54) is 4.90 Å². The summed E-state index contributed by atoms with van der Waals surface area (Å²) in [5.41, 5.74) is 3.74. The van der Waals surface area contributed by atoms with Crippen molar-refractivity contribution in [2.24, 2.45) is 0 Å². The molecule has 6 heteroatoms. The first kappa shape index (κ1) is 16.6. The Labute approximate surface area is 151 Å². The number of carbonyl (C=O) groups excluding carboxylic acids is 2. The first-order valence-corrected chi connectivity index (χ1v) is 8.76. The average Bonchev–Trinajstić information content (AvgIpc) is 3.13. The van der Waals surface area contributed by atoms with Crippen molar-refractivity contribution in [2.45, 2.75) is 13.8 Å². The van der Waals surface area contributed by atoms with Gasteiger partial charge in [0.1, 0.15) is 5.75 Å². The van der Waals surface area contributed by atoms with E-state index in [0.717, 1.165) is 39.7 Å². The van der Waals surface area contributed by atoms with E-state index in [1.807, 2.05) is 38.1 Å². The standard InChI is InChI=1S/C20H21N3O3/c1-4-21-7-8-23-19(24)14-9-11(2)18-16(17(14)20(23)25)13-10-12(26-3)5-6-15(13)22-18/h5-6,9-10,21-22H,4,7-8H2,1-3H3. The predicted molar refractivity (Wildman–Crippen MR) is 101 cm³/mol. The second kappa shape index (κ2) is 6.14. The van der Waals surface area contributed by atoms with Crippen LogP contribution in [-0.4, -0.2) is 48.4 Å². The molecule has 0 fully saturated rings. The lowest BCUT2D eigenvalue weighted by atomic mass is 9.99. The number of rotatable bonds is 5. The Morgan fingerprint density at radius 2 is 2.00 bits per heavy atom. The predicted octanol–water partition coefficient (Wildman–Crippen LogP) is 2.84. The SMILES string of the molecule is CCNCCN1C(=O)c2cc(C)c3[nH]c4ccc(OC)cc4c3c2C1=O. The molecular formula is C20H21N3O3. The van der Waals surface area contributed by atoms with Crippen LogP contribution in [0.2, 0.25) is 0 Å². The number of carbonyl (C=O) groups is 2. The summed E-state index contributed by atoms with van der Waals surface area (Å²) in [7, 11) is 1.61. The molecule has 0 bridgehead atoms. The molecule has 134 valence electrons. The lowest BCUT2D eigenvalue weighted by Crippen LogP contribution is -2.36. The highest BCUT2D eigenvalue weighted by Gasteiger charge is 2.38. The first-order chi connectivity index (χ1) is 12.6. The molecule has 26 heavy (non-hydrogen) atoms. The van der Waals surface area contributed by atoms with Gasteiger partial charge in [-0.25, -0.2) is 0 Å². The molecule has 0 saturated heterocycles. The maximum absolute atomic E-state index is 13.1. The number of nitrogens with zero attached hydrogens (tertiary/aromatic N) is 1. The Hall–Kier alpha value is -2.86. The molecule has 2 N–H and O–H groups in total. The highest BCUT2D eigenvalue weighted by molar-refractivity contribution is 6.30. The monoisotopic (exact) mass is 351 g/mol. The molecule has 3 aromatic rings. The molecule has 0 atom stereocenters. The van der Waals surface area contributed by atoms with Crippen molar-refractivity contribution < 1.29 is 14.3 Å². The van der Waals surface area contributed by atoms with E-state index in [2.05, 4.69) is 10.3 Å². The van der Waals surface area contributed by atoms with Crippen molar-refractivity contribution in [1.82, 2.24) is 15.2 Å². The number of amides is 2. The van der Waals surface area contributed by atoms with Gasteiger partial charge < -0.3 is 15.0 Å². The fourth-order valence-corrected chi connectivity index (χ4v) is 3.68. The maximum Gasteiger partial charge on any atom is 0.262 e. The van der Waals surface area contributed by atoms with Crippen LogP contribution in [0.4, 0.5) is 0 Å². The Balaban J connectivity index is 1.94. The van der Waals surface area contributed by atoms with Gasteiger partial charge in [0, 0.05) is 29.4 Å². The minimum absolute atomic E-state index is 0.217. The molecule has 0 aliphatic carbocycles. The number of imide groups is 1. The number of hydrogen-bond donors (Lipinski definition) is 2. The summed E-state index contributed by atoms with van der Waals surface area (Å²) in [5, 5.41) is 4.86. The van der Waals surface area contributed by atoms with Gasteiger partial charge in [-0.05, 0) is 43.3 Å². The minimum Gasteiger partial charge on any atom is -0.497 e. The quantitative estimate of drug-likeness (QED) is 0.548. The maximum atomic E-state index is 13.1. The molecule has 2 aromatic carbocycles. The molecule has 0 saturated carbocycles. The van der Waals surface area contributed by atoms with E-state index in [-0.39, 0.29) is 11.8 Å². The molecule has 1 aromatic heterocycles. The van der Waals surface area contributed by atoms with Crippen LogP contribution >= 0.6 is 0 Å². The van der Waals surface area contributed by atoms with Crippen molar-refractivity contribution >= 4 is 33.6 Å². The van der Waals surface area contributed by atoms with E-state index < -0.39 is 0 Å². The number of hydrogen-bond acceptors (Lipinski definition) is 4. The lowest BCUT2D eigenvalue weighted by Gasteiger charge is -2.13. The molecule has 0 unspecified atom stereocenters. The van der Waals surface area contributed by atoms with Crippen molar-refractivity contribution in [3.63, 3.8) is 0 Å². The summed E-state index contributed by atoms with van der Waals surface area (Å²) in [6.07, 6.45) is 0. The molecule has 0 radical (unpaired) electrons. The van der Waals surface area contributed by atoms with Gasteiger partial charge in [0.25, 0.3) is 11.8 Å². The zero-order valence-corrected chi connectivity index (χ0v) is 15.1. The Morgan fingerprint density at radius 1 is 1.19 bits per heavy atom. The van der Waals surface area contributed by atoms with Gasteiger partial charge in [-0.3, -0.25) is 14.5 Å². The van der Waals surface area contributed by atoms with Crippen LogP contribution < -0.4 is 10.1 Å². The molecule has 2 heterocycles. The van der Waals surface area contributed by atoms with Crippen LogP contribution in [0.15, 0.2) is 24.3 Å². The topological polar surface area (TPSA) is 74.4 Å². The van der Waals surface area contributed by atoms with Crippen molar-refractivity contribution in [3.8, 4) is 5.75 Å². The molecule has 4 rings (SSSR count). The molecule has 1 aliphatic heterocycles. The molecule has 0 spiro atoms. The number of methoxy groups -OCH3 is 1. The minimum atomic E-state index is -0.225. The Morgan fingerprint density at radius 3 is 2.73 bits per heavy atom. The third-order valence-electron chi connectivity index (χ3n) is 4.98. The number of aryl methyl sites for hydroxylation is 1. The molecular weight excluding hydrogens is 330 g/mol. The molecule has 2 amide bonds. The van der Waals surface area contributed by atoms with E-state index in [9.17, 15) is 9.59 Å². The zero-order chi connectivity index (χ0) is 18.4. The summed E-state index contributed by atoms with van der Waals surface area (Å²) in [6.45, 7) is 5.70. The first-order valence-electron chi connectivity index (χ1n) is 8.76. The molecule has 6 nitrogen and oxygen atoms in total. The summed E-state index contributed by atoms with van der Waals surface area (Å²) in [4.78, 5) is 30.6. The fourth-order valence-electron chi connectivity index (χ4n) is 3.68. The van der Waals surface area contributed by atoms with Crippen molar-refractivity contribution in [1.29, 1.82) is 0 Å². The van der Waals surface area contributed by atoms with Crippen LogP contribution in [0.5, 0.6) is 5.75 Å². The number of aromatic amines is 1. The average molecular weight is 351 g/mol. The largest absolute Gasteiger partial charge is 0.497 e. The van der Waals surface area contributed by atoms with Gasteiger partial charge in [-0.1, -0.05) is 6.92 Å². The third-order valence-corrected chi connectivity index (χ3v) is 4.98. The second-order valence-corrected chi connectivity index (χ2v) is 6.52. The number of fused-ring (bicyclic) bond motifs is 5. The second-order valence-electron chi connectivity index (χ2n) is 6.52. The summed E-state index contributed by atoms with van der Waals surface area (Å²) in [5.74, 6) is 0.274. The number of ether oxygens (including phenoxy) is 1. The number of benzene rings is 2. The number of nitrogens with one attached hydrogen (secondary N) is 2. The van der Waals surface area contributed by atoms with Crippen LogP contribution in [0, 0.1) is 6.92 Å². The summed E-state index contributed by atoms with van der Waals surface area (Å²) < 4.78 is 5.34. The van der Waals surface area contributed by atoms with E-state index in [1.54, 1.807) is 7.11 Å². The summed E-state index contributed by atoms with van der Waals surface area (Å²) in [6, 6.07) is 7.54. The molecule has 1 aliphatic rings. The Kier molecular flexibility index (Phi) is 3.92. The third kappa shape index (κ3) is 2.29. The van der Waals surface area contributed by atoms with E-state index in [4.69, 9.17) is 4.74 Å². The van der Waals surface area contributed by atoms with Crippen LogP contribution in [0.1, 0.15) is 33.2 Å². The van der Waals surface area contributed by atoms with Gasteiger partial charge in [-0.15, -0.1) is 0 Å². The fraction of sp³-hybridized carbons (Fsp3) is 0.300. The van der Waals surface area contributed by atoms with Gasteiger partial charge >= 0.3 is 0 Å². The highest BCUT2D eigenvalue weighted by Crippen LogP contribution is 2.38. The zero-order valence-electron chi connectivity index (χ0n) is 15.1. The van der Waals surface area contributed by atoms with Gasteiger partial charge in [0.2, 0.25) is 0 Å². The lowest BCUT2D eigenvalue weighted by molar-refractivity contribution is 0.0656. The van der Waals surface area contributed by atoms with Crippen LogP contribution in [-0.2, 0) is 0 Å². The van der Waals surface area contributed by atoms with Crippen LogP contribution in [0.25, 0.3) is 21.8 Å². The van der Waals surface area contributed by atoms with Crippen molar-refractivity contribution in [3.05, 3.63) is 41.0 Å². The van der Waals surface area contributed by atoms with Gasteiger partial charge in [0.05, 0.1) is 23.8 Å². The number of likely N-dealkylation sites (N-methyl/N-ethyl adjacent to an activating group) is 1. The summed E-state index contributed by atoms with van der Waals surface area (Å²) >= 11 is 0. The Bertz CT molecular complexity index is 1050.